The first-order chi connectivity index (χ1) is 17.9. The normalized spacial score (nSPS) is 17.9. The molecule has 1 amide bonds. The number of aliphatic hydroxyl groups excluding tert-OH is 1. The number of hydrogen-bond donors (Lipinski definition) is 3. The van der Waals surface area contributed by atoms with Crippen LogP contribution in [0.15, 0.2) is 67.0 Å². The highest BCUT2D eigenvalue weighted by molar-refractivity contribution is 6.36. The number of carbonyl (C=O) groups is 1. The molecule has 1 fully saturated rings. The zero-order valence-electron chi connectivity index (χ0n) is 20.3. The molecule has 8 heteroatoms. The predicted octanol–water partition coefficient (Wildman–Crippen LogP) is 6.21. The smallest absolute Gasteiger partial charge is 0.271 e. The Bertz CT molecular complexity index is 1370. The van der Waals surface area contributed by atoms with Crippen LogP contribution >= 0.6 is 23.2 Å². The third-order valence-electron chi connectivity index (χ3n) is 7.28. The molecule has 1 aliphatic rings. The Morgan fingerprint density at radius 3 is 2.30 bits per heavy atom. The van der Waals surface area contributed by atoms with E-state index < -0.39 is 6.29 Å². The summed E-state index contributed by atoms with van der Waals surface area (Å²) in [5.41, 5.74) is 5.13. The second-order valence-electron chi connectivity index (χ2n) is 9.75. The Morgan fingerprint density at radius 2 is 1.62 bits per heavy atom. The van der Waals surface area contributed by atoms with Crippen molar-refractivity contribution in [3.8, 4) is 11.1 Å². The average Bonchev–Trinajstić information content (AvgIpc) is 3.32. The number of nitrogens with zero attached hydrogens (tertiary/aromatic N) is 2. The van der Waals surface area contributed by atoms with Crippen LogP contribution in [0.25, 0.3) is 16.8 Å². The first-order valence-electron chi connectivity index (χ1n) is 12.5. The predicted molar refractivity (Wildman–Crippen MR) is 146 cm³/mol. The minimum atomic E-state index is -1.20. The molecule has 2 heterocycles. The summed E-state index contributed by atoms with van der Waals surface area (Å²) in [6, 6.07) is 17.8. The number of hydrogen-bond acceptors (Lipinski definition) is 4. The van der Waals surface area contributed by atoms with Crippen LogP contribution in [-0.2, 0) is 6.54 Å². The molecule has 0 saturated heterocycles. The molecular formula is C29H29Cl2N3O3. The van der Waals surface area contributed by atoms with Gasteiger partial charge in [0, 0.05) is 41.0 Å². The summed E-state index contributed by atoms with van der Waals surface area (Å²) in [7, 11) is 0. The van der Waals surface area contributed by atoms with Gasteiger partial charge in [-0.3, -0.25) is 4.79 Å². The minimum absolute atomic E-state index is 0.216. The number of pyridine rings is 1. The van der Waals surface area contributed by atoms with E-state index in [-0.39, 0.29) is 12.5 Å². The van der Waals surface area contributed by atoms with E-state index in [0.29, 0.717) is 45.2 Å². The number of rotatable bonds is 7. The maximum absolute atomic E-state index is 12.7. The molecule has 1 saturated carbocycles. The van der Waals surface area contributed by atoms with Crippen molar-refractivity contribution in [3.63, 3.8) is 0 Å². The van der Waals surface area contributed by atoms with Crippen molar-refractivity contribution < 1.29 is 15.0 Å². The standard InChI is InChI=1S/C29H29Cl2N3O3/c30-24-2-1-3-25(31)23(24)15-32-29(37)26-17-34-16-22(12-13-27(34)33-26)21-10-8-20(9-11-21)19-6-4-18(5-7-19)14-28(35)36/h1-3,8-13,16-19,28,35-36H,4-7,14-15H2,(H,32,37). The van der Waals surface area contributed by atoms with Gasteiger partial charge in [-0.05, 0) is 78.5 Å². The number of halogens is 2. The topological polar surface area (TPSA) is 86.9 Å². The van der Waals surface area contributed by atoms with Crippen molar-refractivity contribution in [2.45, 2.75) is 50.9 Å². The van der Waals surface area contributed by atoms with Gasteiger partial charge >= 0.3 is 0 Å². The van der Waals surface area contributed by atoms with Crippen LogP contribution in [-0.4, -0.2) is 31.8 Å². The molecule has 0 spiro atoms. The Morgan fingerprint density at radius 1 is 0.946 bits per heavy atom. The largest absolute Gasteiger partial charge is 0.368 e. The fraction of sp³-hybridized carbons (Fsp3) is 0.310. The van der Waals surface area contributed by atoms with E-state index >= 15 is 0 Å². The Labute approximate surface area is 225 Å². The number of benzene rings is 2. The van der Waals surface area contributed by atoms with Crippen molar-refractivity contribution in [1.29, 1.82) is 0 Å². The summed E-state index contributed by atoms with van der Waals surface area (Å²) in [6.07, 6.45) is 7.18. The monoisotopic (exact) mass is 537 g/mol. The van der Waals surface area contributed by atoms with Crippen LogP contribution in [0.2, 0.25) is 10.0 Å². The summed E-state index contributed by atoms with van der Waals surface area (Å²) in [4.78, 5) is 17.2. The van der Waals surface area contributed by atoms with Crippen LogP contribution in [0.4, 0.5) is 0 Å². The summed E-state index contributed by atoms with van der Waals surface area (Å²) in [5, 5.41) is 22.3. The number of nitrogens with one attached hydrogen (secondary N) is 1. The quantitative estimate of drug-likeness (QED) is 0.244. The molecule has 2 aromatic heterocycles. The van der Waals surface area contributed by atoms with Crippen molar-refractivity contribution in [3.05, 3.63) is 93.9 Å². The SMILES string of the molecule is O=C(NCc1c(Cl)cccc1Cl)c1cn2cc(-c3ccc(C4CCC(CC(O)O)CC4)cc3)ccc2n1. The van der Waals surface area contributed by atoms with Gasteiger partial charge in [-0.15, -0.1) is 0 Å². The van der Waals surface area contributed by atoms with Gasteiger partial charge in [0.25, 0.3) is 5.91 Å². The second-order valence-corrected chi connectivity index (χ2v) is 10.6. The van der Waals surface area contributed by atoms with Gasteiger partial charge in [0.15, 0.2) is 6.29 Å². The van der Waals surface area contributed by atoms with E-state index in [1.165, 1.54) is 5.56 Å². The van der Waals surface area contributed by atoms with Gasteiger partial charge in [0.1, 0.15) is 11.3 Å². The van der Waals surface area contributed by atoms with E-state index in [0.717, 1.165) is 36.8 Å². The fourth-order valence-electron chi connectivity index (χ4n) is 5.21. The zero-order chi connectivity index (χ0) is 25.9. The summed E-state index contributed by atoms with van der Waals surface area (Å²) in [5.74, 6) is 0.617. The highest BCUT2D eigenvalue weighted by atomic mass is 35.5. The maximum atomic E-state index is 12.7. The molecule has 2 aromatic carbocycles. The molecule has 5 rings (SSSR count). The molecule has 4 aromatic rings. The molecule has 192 valence electrons. The summed E-state index contributed by atoms with van der Waals surface area (Å²) < 4.78 is 1.86. The van der Waals surface area contributed by atoms with Crippen molar-refractivity contribution in [2.75, 3.05) is 0 Å². The lowest BCUT2D eigenvalue weighted by atomic mass is 9.77. The van der Waals surface area contributed by atoms with Crippen LogP contribution in [0.3, 0.4) is 0 Å². The molecule has 0 atom stereocenters. The van der Waals surface area contributed by atoms with E-state index in [9.17, 15) is 15.0 Å². The number of aromatic nitrogens is 2. The summed E-state index contributed by atoms with van der Waals surface area (Å²) in [6.45, 7) is 0.216. The van der Waals surface area contributed by atoms with E-state index in [4.69, 9.17) is 23.2 Å². The fourth-order valence-corrected chi connectivity index (χ4v) is 5.74. The number of carbonyl (C=O) groups excluding carboxylic acids is 1. The minimum Gasteiger partial charge on any atom is -0.368 e. The van der Waals surface area contributed by atoms with Gasteiger partial charge < -0.3 is 19.9 Å². The lowest BCUT2D eigenvalue weighted by Gasteiger charge is -2.29. The van der Waals surface area contributed by atoms with Gasteiger partial charge in [0.2, 0.25) is 0 Å². The number of aliphatic hydroxyl groups is 2. The molecular weight excluding hydrogens is 509 g/mol. The van der Waals surface area contributed by atoms with Gasteiger partial charge in [-0.2, -0.15) is 0 Å². The van der Waals surface area contributed by atoms with Crippen LogP contribution in [0, 0.1) is 5.92 Å². The third-order valence-corrected chi connectivity index (χ3v) is 7.99. The molecule has 0 bridgehead atoms. The molecule has 6 nitrogen and oxygen atoms in total. The van der Waals surface area contributed by atoms with Crippen LogP contribution in [0.5, 0.6) is 0 Å². The van der Waals surface area contributed by atoms with E-state index in [1.807, 2.05) is 22.7 Å². The Balaban J connectivity index is 1.25. The lowest BCUT2D eigenvalue weighted by molar-refractivity contribution is -0.0592. The van der Waals surface area contributed by atoms with E-state index in [2.05, 4.69) is 34.6 Å². The van der Waals surface area contributed by atoms with Crippen LogP contribution in [0.1, 0.15) is 59.6 Å². The maximum Gasteiger partial charge on any atom is 0.271 e. The number of imidazole rings is 1. The van der Waals surface area contributed by atoms with Crippen molar-refractivity contribution >= 4 is 34.8 Å². The first kappa shape index (κ1) is 25.7. The lowest BCUT2D eigenvalue weighted by Crippen LogP contribution is -2.23. The average molecular weight is 538 g/mol. The molecule has 1 aliphatic carbocycles. The molecule has 3 N–H and O–H groups in total. The highest BCUT2D eigenvalue weighted by Crippen LogP contribution is 2.38. The third kappa shape index (κ3) is 5.99. The summed E-state index contributed by atoms with van der Waals surface area (Å²) >= 11 is 12.4. The second kappa shape index (κ2) is 11.2. The van der Waals surface area contributed by atoms with Crippen molar-refractivity contribution in [1.82, 2.24) is 14.7 Å². The molecule has 37 heavy (non-hydrogen) atoms. The van der Waals surface area contributed by atoms with Gasteiger partial charge in [0.05, 0.1) is 0 Å². The Kier molecular flexibility index (Phi) is 7.81. The number of amides is 1. The zero-order valence-corrected chi connectivity index (χ0v) is 21.8. The van der Waals surface area contributed by atoms with Crippen molar-refractivity contribution in [2.24, 2.45) is 5.92 Å². The number of fused-ring (bicyclic) bond motifs is 1. The molecule has 0 unspecified atom stereocenters. The van der Waals surface area contributed by atoms with Gasteiger partial charge in [-0.1, -0.05) is 53.5 Å². The van der Waals surface area contributed by atoms with E-state index in [1.54, 1.807) is 24.4 Å². The molecule has 0 aliphatic heterocycles. The van der Waals surface area contributed by atoms with Gasteiger partial charge in [-0.25, -0.2) is 4.98 Å². The first-order valence-corrected chi connectivity index (χ1v) is 13.3. The van der Waals surface area contributed by atoms with Crippen LogP contribution < -0.4 is 5.32 Å². The Hall–Kier alpha value is -2.90. The highest BCUT2D eigenvalue weighted by Gasteiger charge is 2.23. The molecule has 0 radical (unpaired) electrons.